The standard InChI is InChI=1S/C14H22N4O/c1-2-17-7-9-18(10-8-17)11-14(19)16-13-5-3-12(15)4-6-13/h3-6H,2,7-11,15H2,1H3,(H,16,19). The van der Waals surface area contributed by atoms with Crippen LogP contribution in [0, 0.1) is 0 Å². The molecule has 0 atom stereocenters. The average Bonchev–Trinajstić information content (AvgIpc) is 2.42. The number of hydrogen-bond donors (Lipinski definition) is 2. The molecule has 1 aromatic carbocycles. The van der Waals surface area contributed by atoms with Crippen LogP contribution in [0.3, 0.4) is 0 Å². The highest BCUT2D eigenvalue weighted by molar-refractivity contribution is 5.92. The topological polar surface area (TPSA) is 61.6 Å². The number of carbonyl (C=O) groups excluding carboxylic acids is 1. The number of nitrogens with zero attached hydrogens (tertiary/aromatic N) is 2. The molecule has 0 aliphatic carbocycles. The summed E-state index contributed by atoms with van der Waals surface area (Å²) in [5, 5.41) is 2.89. The van der Waals surface area contributed by atoms with Crippen LogP contribution in [-0.4, -0.2) is 55.0 Å². The average molecular weight is 262 g/mol. The predicted octanol–water partition coefficient (Wildman–Crippen LogP) is 0.845. The maximum Gasteiger partial charge on any atom is 0.238 e. The molecule has 1 aliphatic rings. The highest BCUT2D eigenvalue weighted by Gasteiger charge is 2.17. The lowest BCUT2D eigenvalue weighted by Gasteiger charge is -2.33. The van der Waals surface area contributed by atoms with E-state index in [1.807, 2.05) is 12.1 Å². The third-order valence-electron chi connectivity index (χ3n) is 3.47. The lowest BCUT2D eigenvalue weighted by molar-refractivity contribution is -0.117. The molecule has 104 valence electrons. The second-order valence-corrected chi connectivity index (χ2v) is 4.88. The van der Waals surface area contributed by atoms with E-state index in [1.54, 1.807) is 12.1 Å². The SMILES string of the molecule is CCN1CCN(CC(=O)Nc2ccc(N)cc2)CC1. The van der Waals surface area contributed by atoms with Gasteiger partial charge in [0.2, 0.25) is 5.91 Å². The van der Waals surface area contributed by atoms with Crippen molar-refractivity contribution < 1.29 is 4.79 Å². The summed E-state index contributed by atoms with van der Waals surface area (Å²) in [6.07, 6.45) is 0. The van der Waals surface area contributed by atoms with Crippen molar-refractivity contribution >= 4 is 17.3 Å². The third kappa shape index (κ3) is 4.22. The van der Waals surface area contributed by atoms with Gasteiger partial charge in [-0.25, -0.2) is 0 Å². The largest absolute Gasteiger partial charge is 0.399 e. The molecule has 0 radical (unpaired) electrons. The van der Waals surface area contributed by atoms with Crippen LogP contribution in [0.5, 0.6) is 0 Å². The Labute approximate surface area is 114 Å². The van der Waals surface area contributed by atoms with Gasteiger partial charge in [0, 0.05) is 37.6 Å². The number of benzene rings is 1. The second-order valence-electron chi connectivity index (χ2n) is 4.88. The van der Waals surface area contributed by atoms with E-state index in [1.165, 1.54) is 0 Å². The van der Waals surface area contributed by atoms with Crippen molar-refractivity contribution in [1.29, 1.82) is 0 Å². The van der Waals surface area contributed by atoms with Crippen molar-refractivity contribution in [3.8, 4) is 0 Å². The highest BCUT2D eigenvalue weighted by Crippen LogP contribution is 2.10. The van der Waals surface area contributed by atoms with Gasteiger partial charge in [-0.1, -0.05) is 6.92 Å². The van der Waals surface area contributed by atoms with Crippen LogP contribution in [0.15, 0.2) is 24.3 Å². The molecule has 0 aromatic heterocycles. The fourth-order valence-corrected chi connectivity index (χ4v) is 2.23. The van der Waals surface area contributed by atoms with Gasteiger partial charge >= 0.3 is 0 Å². The number of rotatable bonds is 4. The van der Waals surface area contributed by atoms with Crippen molar-refractivity contribution in [2.75, 3.05) is 50.3 Å². The first-order chi connectivity index (χ1) is 9.17. The summed E-state index contributed by atoms with van der Waals surface area (Å²) in [6.45, 7) is 7.74. The van der Waals surface area contributed by atoms with E-state index >= 15 is 0 Å². The summed E-state index contributed by atoms with van der Waals surface area (Å²) >= 11 is 0. The van der Waals surface area contributed by atoms with Gasteiger partial charge in [-0.15, -0.1) is 0 Å². The van der Waals surface area contributed by atoms with Crippen molar-refractivity contribution in [3.63, 3.8) is 0 Å². The third-order valence-corrected chi connectivity index (χ3v) is 3.47. The van der Waals surface area contributed by atoms with Crippen LogP contribution < -0.4 is 11.1 Å². The Bertz CT molecular complexity index is 410. The maximum absolute atomic E-state index is 11.9. The summed E-state index contributed by atoms with van der Waals surface area (Å²) in [7, 11) is 0. The molecule has 0 saturated carbocycles. The van der Waals surface area contributed by atoms with E-state index in [2.05, 4.69) is 22.0 Å². The van der Waals surface area contributed by atoms with Gasteiger partial charge < -0.3 is 16.0 Å². The molecule has 3 N–H and O–H groups in total. The molecular formula is C14H22N4O. The van der Waals surface area contributed by atoms with Gasteiger partial charge in [0.15, 0.2) is 0 Å². The zero-order valence-corrected chi connectivity index (χ0v) is 11.4. The summed E-state index contributed by atoms with van der Waals surface area (Å²) < 4.78 is 0. The lowest BCUT2D eigenvalue weighted by atomic mass is 10.2. The van der Waals surface area contributed by atoms with Crippen molar-refractivity contribution in [2.24, 2.45) is 0 Å². The van der Waals surface area contributed by atoms with Crippen LogP contribution in [0.2, 0.25) is 0 Å². The first-order valence-electron chi connectivity index (χ1n) is 6.77. The molecule has 0 bridgehead atoms. The van der Waals surface area contributed by atoms with Crippen LogP contribution in [0.4, 0.5) is 11.4 Å². The summed E-state index contributed by atoms with van der Waals surface area (Å²) in [6, 6.07) is 7.22. The van der Waals surface area contributed by atoms with Gasteiger partial charge in [0.05, 0.1) is 6.54 Å². The van der Waals surface area contributed by atoms with E-state index < -0.39 is 0 Å². The number of hydrogen-bond acceptors (Lipinski definition) is 4. The number of nitrogens with two attached hydrogens (primary N) is 1. The van der Waals surface area contributed by atoms with Gasteiger partial charge in [-0.05, 0) is 30.8 Å². The van der Waals surface area contributed by atoms with Crippen molar-refractivity contribution in [3.05, 3.63) is 24.3 Å². The van der Waals surface area contributed by atoms with Crippen LogP contribution >= 0.6 is 0 Å². The van der Waals surface area contributed by atoms with E-state index in [4.69, 9.17) is 5.73 Å². The van der Waals surface area contributed by atoms with E-state index in [0.29, 0.717) is 12.2 Å². The van der Waals surface area contributed by atoms with Gasteiger partial charge in [-0.2, -0.15) is 0 Å². The first-order valence-corrected chi connectivity index (χ1v) is 6.77. The molecule has 1 fully saturated rings. The Morgan fingerprint density at radius 1 is 1.16 bits per heavy atom. The number of nitrogens with one attached hydrogen (secondary N) is 1. The van der Waals surface area contributed by atoms with Crippen molar-refractivity contribution in [2.45, 2.75) is 6.92 Å². The zero-order valence-electron chi connectivity index (χ0n) is 11.4. The first kappa shape index (κ1) is 13.8. The molecule has 5 heteroatoms. The minimum absolute atomic E-state index is 0.0368. The minimum atomic E-state index is 0.0368. The maximum atomic E-state index is 11.9. The molecule has 0 unspecified atom stereocenters. The van der Waals surface area contributed by atoms with Crippen LogP contribution in [0.25, 0.3) is 0 Å². The Kier molecular flexibility index (Phi) is 4.76. The van der Waals surface area contributed by atoms with Crippen LogP contribution in [0.1, 0.15) is 6.92 Å². The van der Waals surface area contributed by atoms with Gasteiger partial charge in [-0.3, -0.25) is 9.69 Å². The van der Waals surface area contributed by atoms with E-state index in [-0.39, 0.29) is 5.91 Å². The monoisotopic (exact) mass is 262 g/mol. The lowest BCUT2D eigenvalue weighted by Crippen LogP contribution is -2.48. The Hall–Kier alpha value is -1.59. The predicted molar refractivity (Wildman–Crippen MR) is 78.0 cm³/mol. The molecule has 1 aliphatic heterocycles. The smallest absolute Gasteiger partial charge is 0.238 e. The summed E-state index contributed by atoms with van der Waals surface area (Å²) in [5.41, 5.74) is 7.11. The molecule has 1 amide bonds. The fraction of sp³-hybridized carbons (Fsp3) is 0.500. The Morgan fingerprint density at radius 2 is 1.74 bits per heavy atom. The molecule has 2 rings (SSSR count). The molecular weight excluding hydrogens is 240 g/mol. The number of amides is 1. The summed E-state index contributed by atoms with van der Waals surface area (Å²) in [4.78, 5) is 16.5. The normalized spacial score (nSPS) is 17.3. The highest BCUT2D eigenvalue weighted by atomic mass is 16.2. The number of nitrogen functional groups attached to an aromatic ring is 1. The Balaban J connectivity index is 1.77. The number of anilines is 2. The minimum Gasteiger partial charge on any atom is -0.399 e. The molecule has 1 aromatic rings. The molecule has 5 nitrogen and oxygen atoms in total. The van der Waals surface area contributed by atoms with Crippen LogP contribution in [-0.2, 0) is 4.79 Å². The Morgan fingerprint density at radius 3 is 2.32 bits per heavy atom. The molecule has 0 spiro atoms. The quantitative estimate of drug-likeness (QED) is 0.790. The number of likely N-dealkylation sites (N-methyl/N-ethyl adjacent to an activating group) is 1. The molecule has 19 heavy (non-hydrogen) atoms. The zero-order chi connectivity index (χ0) is 13.7. The summed E-state index contributed by atoms with van der Waals surface area (Å²) in [5.74, 6) is 0.0368. The van der Waals surface area contributed by atoms with E-state index in [9.17, 15) is 4.79 Å². The number of carbonyl (C=O) groups is 1. The van der Waals surface area contributed by atoms with E-state index in [0.717, 1.165) is 38.4 Å². The second kappa shape index (κ2) is 6.54. The van der Waals surface area contributed by atoms with Gasteiger partial charge in [0.25, 0.3) is 0 Å². The number of piperazine rings is 1. The molecule has 1 saturated heterocycles. The molecule has 1 heterocycles. The van der Waals surface area contributed by atoms with Gasteiger partial charge in [0.1, 0.15) is 0 Å². The van der Waals surface area contributed by atoms with Crippen molar-refractivity contribution in [1.82, 2.24) is 9.80 Å². The fourth-order valence-electron chi connectivity index (χ4n) is 2.23.